The minimum atomic E-state index is -0.730. The quantitative estimate of drug-likeness (QED) is 0.847. The number of carboxylic acids is 1. The Labute approximate surface area is 97.3 Å². The Morgan fingerprint density at radius 1 is 1.12 bits per heavy atom. The molecular formula is C14H20O2. The van der Waals surface area contributed by atoms with Crippen LogP contribution >= 0.6 is 0 Å². The van der Waals surface area contributed by atoms with E-state index in [4.69, 9.17) is 5.11 Å². The molecule has 0 aliphatic carbocycles. The Bertz CT molecular complexity index is 384. The first-order valence-electron chi connectivity index (χ1n) is 5.65. The van der Waals surface area contributed by atoms with E-state index in [0.29, 0.717) is 0 Å². The molecule has 0 heterocycles. The smallest absolute Gasteiger partial charge is 0.306 e. The summed E-state index contributed by atoms with van der Waals surface area (Å²) in [6.45, 7) is 9.94. The van der Waals surface area contributed by atoms with Gasteiger partial charge in [-0.3, -0.25) is 4.79 Å². The zero-order valence-corrected chi connectivity index (χ0v) is 10.7. The summed E-state index contributed by atoms with van der Waals surface area (Å²) in [6, 6.07) is 4.24. The van der Waals surface area contributed by atoms with Gasteiger partial charge >= 0.3 is 5.97 Å². The van der Waals surface area contributed by atoms with Gasteiger partial charge < -0.3 is 5.11 Å². The van der Waals surface area contributed by atoms with Crippen molar-refractivity contribution in [3.05, 3.63) is 34.4 Å². The van der Waals surface area contributed by atoms with Gasteiger partial charge in [-0.25, -0.2) is 0 Å². The van der Waals surface area contributed by atoms with Gasteiger partial charge in [0.05, 0.1) is 5.92 Å². The summed E-state index contributed by atoms with van der Waals surface area (Å²) < 4.78 is 0. The van der Waals surface area contributed by atoms with Crippen LogP contribution in [0.4, 0.5) is 0 Å². The van der Waals surface area contributed by atoms with E-state index < -0.39 is 5.97 Å². The molecule has 0 bridgehead atoms. The Hall–Kier alpha value is -1.31. The van der Waals surface area contributed by atoms with Gasteiger partial charge in [-0.2, -0.15) is 0 Å². The second kappa shape index (κ2) is 4.69. The fourth-order valence-electron chi connectivity index (χ4n) is 2.37. The maximum Gasteiger partial charge on any atom is 0.306 e. The summed E-state index contributed by atoms with van der Waals surface area (Å²) in [4.78, 5) is 11.0. The van der Waals surface area contributed by atoms with Crippen molar-refractivity contribution < 1.29 is 9.90 Å². The SMILES string of the molecule is Cc1cc(C)c(C(C)[C@H](C)C(=O)O)c(C)c1. The van der Waals surface area contributed by atoms with Crippen LogP contribution < -0.4 is 0 Å². The van der Waals surface area contributed by atoms with E-state index in [2.05, 4.69) is 32.9 Å². The average molecular weight is 220 g/mol. The van der Waals surface area contributed by atoms with Gasteiger partial charge in [0, 0.05) is 0 Å². The van der Waals surface area contributed by atoms with Gasteiger partial charge in [0.15, 0.2) is 0 Å². The van der Waals surface area contributed by atoms with Gasteiger partial charge in [-0.1, -0.05) is 31.5 Å². The van der Waals surface area contributed by atoms with E-state index in [0.717, 1.165) is 0 Å². The summed E-state index contributed by atoms with van der Waals surface area (Å²) in [5.74, 6) is -1.02. The number of hydrogen-bond donors (Lipinski definition) is 1. The zero-order chi connectivity index (χ0) is 12.5. The van der Waals surface area contributed by atoms with E-state index in [9.17, 15) is 4.79 Å². The number of carbonyl (C=O) groups is 1. The monoisotopic (exact) mass is 220 g/mol. The molecule has 1 aromatic carbocycles. The van der Waals surface area contributed by atoms with Crippen LogP contribution in [0.5, 0.6) is 0 Å². The molecule has 2 nitrogen and oxygen atoms in total. The number of rotatable bonds is 3. The third-order valence-corrected chi connectivity index (χ3v) is 3.33. The first-order chi connectivity index (χ1) is 7.34. The van der Waals surface area contributed by atoms with Gasteiger partial charge in [0.25, 0.3) is 0 Å². The first kappa shape index (κ1) is 12.8. The highest BCUT2D eigenvalue weighted by Gasteiger charge is 2.23. The van der Waals surface area contributed by atoms with Crippen molar-refractivity contribution in [2.24, 2.45) is 5.92 Å². The number of carboxylic acid groups (broad SMARTS) is 1. The summed E-state index contributed by atoms with van der Waals surface area (Å²) in [6.07, 6.45) is 0. The van der Waals surface area contributed by atoms with Crippen LogP contribution in [0.25, 0.3) is 0 Å². The van der Waals surface area contributed by atoms with Crippen LogP contribution in [0.2, 0.25) is 0 Å². The lowest BCUT2D eigenvalue weighted by atomic mass is 9.83. The Morgan fingerprint density at radius 3 is 1.94 bits per heavy atom. The lowest BCUT2D eigenvalue weighted by Gasteiger charge is -2.21. The summed E-state index contributed by atoms with van der Waals surface area (Å²) in [5, 5.41) is 9.05. The molecule has 0 amide bonds. The van der Waals surface area contributed by atoms with Gasteiger partial charge in [0.1, 0.15) is 0 Å². The fourth-order valence-corrected chi connectivity index (χ4v) is 2.37. The van der Waals surface area contributed by atoms with Crippen LogP contribution in [-0.4, -0.2) is 11.1 Å². The lowest BCUT2D eigenvalue weighted by Crippen LogP contribution is -2.18. The molecule has 0 aromatic heterocycles. The third-order valence-electron chi connectivity index (χ3n) is 3.33. The summed E-state index contributed by atoms with van der Waals surface area (Å²) in [5.41, 5.74) is 4.80. The number of aliphatic carboxylic acids is 1. The molecule has 2 heteroatoms. The van der Waals surface area contributed by atoms with Crippen LogP contribution in [0.15, 0.2) is 12.1 Å². The zero-order valence-electron chi connectivity index (χ0n) is 10.7. The van der Waals surface area contributed by atoms with Crippen molar-refractivity contribution in [2.45, 2.75) is 40.5 Å². The molecular weight excluding hydrogens is 200 g/mol. The van der Waals surface area contributed by atoms with Gasteiger partial charge in [-0.05, 0) is 43.4 Å². The highest BCUT2D eigenvalue weighted by atomic mass is 16.4. The highest BCUT2D eigenvalue weighted by Crippen LogP contribution is 2.30. The first-order valence-corrected chi connectivity index (χ1v) is 5.65. The van der Waals surface area contributed by atoms with Crippen molar-refractivity contribution in [2.75, 3.05) is 0 Å². The number of hydrogen-bond acceptors (Lipinski definition) is 1. The van der Waals surface area contributed by atoms with Crippen LogP contribution in [0.1, 0.15) is 42.0 Å². The molecule has 1 N–H and O–H groups in total. The van der Waals surface area contributed by atoms with Crippen LogP contribution in [-0.2, 0) is 4.79 Å². The maximum absolute atomic E-state index is 11.0. The Kier molecular flexibility index (Phi) is 3.74. The minimum Gasteiger partial charge on any atom is -0.481 e. The molecule has 2 atom stereocenters. The fraction of sp³-hybridized carbons (Fsp3) is 0.500. The van der Waals surface area contributed by atoms with E-state index in [1.54, 1.807) is 6.92 Å². The molecule has 88 valence electrons. The highest BCUT2D eigenvalue weighted by molar-refractivity contribution is 5.71. The van der Waals surface area contributed by atoms with Gasteiger partial charge in [-0.15, -0.1) is 0 Å². The predicted molar refractivity (Wildman–Crippen MR) is 65.9 cm³/mol. The Balaban J connectivity index is 3.18. The van der Waals surface area contributed by atoms with E-state index in [1.165, 1.54) is 22.3 Å². The topological polar surface area (TPSA) is 37.3 Å². The average Bonchev–Trinajstić information content (AvgIpc) is 2.14. The summed E-state index contributed by atoms with van der Waals surface area (Å²) >= 11 is 0. The minimum absolute atomic E-state index is 0.0538. The third kappa shape index (κ3) is 2.43. The molecule has 0 aliphatic heterocycles. The molecule has 0 saturated heterocycles. The van der Waals surface area contributed by atoms with Crippen molar-refractivity contribution in [1.29, 1.82) is 0 Å². The van der Waals surface area contributed by atoms with Crippen molar-refractivity contribution in [3.8, 4) is 0 Å². The largest absolute Gasteiger partial charge is 0.481 e. The molecule has 0 aliphatic rings. The molecule has 1 rings (SSSR count). The predicted octanol–water partition coefficient (Wildman–Crippen LogP) is 3.44. The van der Waals surface area contributed by atoms with Gasteiger partial charge in [0.2, 0.25) is 0 Å². The number of benzene rings is 1. The molecule has 0 spiro atoms. The lowest BCUT2D eigenvalue weighted by molar-refractivity contribution is -0.141. The van der Waals surface area contributed by atoms with E-state index >= 15 is 0 Å². The van der Waals surface area contributed by atoms with Crippen molar-refractivity contribution in [1.82, 2.24) is 0 Å². The summed E-state index contributed by atoms with van der Waals surface area (Å²) in [7, 11) is 0. The molecule has 16 heavy (non-hydrogen) atoms. The van der Waals surface area contributed by atoms with E-state index in [-0.39, 0.29) is 11.8 Å². The maximum atomic E-state index is 11.0. The molecule has 1 aromatic rings. The van der Waals surface area contributed by atoms with Crippen molar-refractivity contribution in [3.63, 3.8) is 0 Å². The normalized spacial score (nSPS) is 14.6. The molecule has 0 saturated carbocycles. The number of aryl methyl sites for hydroxylation is 3. The standard InChI is InChI=1S/C14H20O2/c1-8-6-9(2)13(10(3)7-8)11(4)12(5)14(15)16/h6-7,11-12H,1-5H3,(H,15,16)/t11?,12-/m0/s1. The molecule has 0 fully saturated rings. The second-order valence-corrected chi connectivity index (χ2v) is 4.73. The second-order valence-electron chi connectivity index (χ2n) is 4.73. The van der Waals surface area contributed by atoms with Crippen LogP contribution in [0, 0.1) is 26.7 Å². The molecule has 0 radical (unpaired) electrons. The van der Waals surface area contributed by atoms with Crippen molar-refractivity contribution >= 4 is 5.97 Å². The van der Waals surface area contributed by atoms with E-state index in [1.807, 2.05) is 6.92 Å². The molecule has 1 unspecified atom stereocenters. The Morgan fingerprint density at radius 2 is 1.56 bits per heavy atom. The van der Waals surface area contributed by atoms with Crippen LogP contribution in [0.3, 0.4) is 0 Å².